The van der Waals surface area contributed by atoms with E-state index in [9.17, 15) is 13.2 Å². The first-order chi connectivity index (χ1) is 14.8. The molecule has 0 saturated heterocycles. The highest BCUT2D eigenvalue weighted by atomic mass is 32.2. The van der Waals surface area contributed by atoms with Gasteiger partial charge in [-0.1, -0.05) is 66.2 Å². The Labute approximate surface area is 182 Å². The van der Waals surface area contributed by atoms with Crippen LogP contribution in [0.4, 0.5) is 0 Å². The first-order valence-electron chi connectivity index (χ1n) is 9.76. The zero-order valence-corrected chi connectivity index (χ0v) is 18.4. The van der Waals surface area contributed by atoms with Gasteiger partial charge < -0.3 is 9.47 Å². The highest BCUT2D eigenvalue weighted by Crippen LogP contribution is 2.38. The third kappa shape index (κ3) is 5.51. The molecule has 0 amide bonds. The lowest BCUT2D eigenvalue weighted by Gasteiger charge is -2.29. The smallest absolute Gasteiger partial charge is 0.303 e. The number of ether oxygens (including phenoxy) is 2. The van der Waals surface area contributed by atoms with Gasteiger partial charge in [0.2, 0.25) is 10.0 Å². The predicted molar refractivity (Wildman–Crippen MR) is 118 cm³/mol. The molecule has 0 radical (unpaired) electrons. The highest BCUT2D eigenvalue weighted by Gasteiger charge is 2.33. The van der Waals surface area contributed by atoms with E-state index in [4.69, 9.17) is 9.47 Å². The summed E-state index contributed by atoms with van der Waals surface area (Å²) in [6.45, 7) is 3.17. The molecule has 3 aromatic carbocycles. The predicted octanol–water partition coefficient (Wildman–Crippen LogP) is 4.33. The number of nitrogens with one attached hydrogen (secondary N) is 1. The number of carbonyl (C=O) groups is 1. The average Bonchev–Trinajstić information content (AvgIpc) is 2.77. The summed E-state index contributed by atoms with van der Waals surface area (Å²) in [5.41, 5.74) is 2.15. The number of aryl methyl sites for hydroxylation is 1. The number of hydrogen-bond acceptors (Lipinski definition) is 5. The molecule has 0 heterocycles. The van der Waals surface area contributed by atoms with Crippen molar-refractivity contribution in [1.29, 1.82) is 0 Å². The molecule has 0 aromatic heterocycles. The van der Waals surface area contributed by atoms with E-state index in [1.165, 1.54) is 14.0 Å². The van der Waals surface area contributed by atoms with Crippen LogP contribution in [0.15, 0.2) is 83.8 Å². The number of esters is 1. The van der Waals surface area contributed by atoms with E-state index in [1.54, 1.807) is 72.8 Å². The van der Waals surface area contributed by atoms with Crippen molar-refractivity contribution in [3.8, 4) is 5.75 Å². The number of methoxy groups -OCH3 is 1. The zero-order chi connectivity index (χ0) is 22.4. The lowest BCUT2D eigenvalue weighted by molar-refractivity contribution is -0.148. The fourth-order valence-electron chi connectivity index (χ4n) is 3.31. The molecule has 7 heteroatoms. The van der Waals surface area contributed by atoms with Gasteiger partial charge in [-0.25, -0.2) is 8.42 Å². The molecular weight excluding hydrogens is 414 g/mol. The molecular formula is C24H25NO5S. The fourth-order valence-corrected chi connectivity index (χ4v) is 4.53. The second kappa shape index (κ2) is 9.76. The molecule has 0 aliphatic heterocycles. The Bertz CT molecular complexity index is 1130. The van der Waals surface area contributed by atoms with Crippen molar-refractivity contribution in [3.63, 3.8) is 0 Å². The number of rotatable bonds is 8. The molecule has 3 rings (SSSR count). The van der Waals surface area contributed by atoms with Gasteiger partial charge in [-0.05, 0) is 30.7 Å². The first kappa shape index (κ1) is 22.5. The van der Waals surface area contributed by atoms with Crippen LogP contribution in [-0.2, 0) is 19.6 Å². The van der Waals surface area contributed by atoms with Crippen molar-refractivity contribution < 1.29 is 22.7 Å². The summed E-state index contributed by atoms with van der Waals surface area (Å²) in [6, 6.07) is 21.7. The van der Waals surface area contributed by atoms with E-state index in [1.807, 2.05) is 13.0 Å². The summed E-state index contributed by atoms with van der Waals surface area (Å²) in [6.07, 6.45) is -0.948. The van der Waals surface area contributed by atoms with E-state index in [0.29, 0.717) is 16.9 Å². The van der Waals surface area contributed by atoms with Crippen LogP contribution in [0, 0.1) is 6.92 Å². The molecule has 0 aliphatic carbocycles. The third-order valence-corrected chi connectivity index (χ3v) is 6.27. The van der Waals surface area contributed by atoms with Gasteiger partial charge in [-0.15, -0.1) is 0 Å². The van der Waals surface area contributed by atoms with Crippen molar-refractivity contribution in [2.24, 2.45) is 0 Å². The van der Waals surface area contributed by atoms with Crippen LogP contribution in [0.1, 0.15) is 35.8 Å². The molecule has 0 aliphatic rings. The molecule has 3 aromatic rings. The molecule has 31 heavy (non-hydrogen) atoms. The number of carbonyl (C=O) groups excluding carboxylic acids is 1. The van der Waals surface area contributed by atoms with E-state index in [-0.39, 0.29) is 4.90 Å². The van der Waals surface area contributed by atoms with E-state index < -0.39 is 28.1 Å². The van der Waals surface area contributed by atoms with Gasteiger partial charge in [0.05, 0.1) is 18.0 Å². The van der Waals surface area contributed by atoms with Crippen LogP contribution in [0.25, 0.3) is 0 Å². The molecule has 0 bridgehead atoms. The van der Waals surface area contributed by atoms with Gasteiger partial charge in [0.15, 0.2) is 6.10 Å². The minimum Gasteiger partial charge on any atom is -0.496 e. The summed E-state index contributed by atoms with van der Waals surface area (Å²) >= 11 is 0. The normalized spacial score (nSPS) is 13.3. The Kier molecular flexibility index (Phi) is 7.09. The molecule has 162 valence electrons. The second-order valence-electron chi connectivity index (χ2n) is 7.09. The maximum absolute atomic E-state index is 13.2. The van der Waals surface area contributed by atoms with E-state index >= 15 is 0 Å². The highest BCUT2D eigenvalue weighted by molar-refractivity contribution is 7.89. The van der Waals surface area contributed by atoms with Gasteiger partial charge in [0.1, 0.15) is 5.75 Å². The Hall–Kier alpha value is -3.16. The maximum Gasteiger partial charge on any atom is 0.303 e. The van der Waals surface area contributed by atoms with Gasteiger partial charge in [0, 0.05) is 12.5 Å². The topological polar surface area (TPSA) is 81.7 Å². The molecule has 0 spiro atoms. The quantitative estimate of drug-likeness (QED) is 0.529. The van der Waals surface area contributed by atoms with Crippen molar-refractivity contribution >= 4 is 16.0 Å². The number of para-hydroxylation sites is 1. The minimum atomic E-state index is -3.91. The van der Waals surface area contributed by atoms with Gasteiger partial charge in [-0.2, -0.15) is 4.72 Å². The summed E-state index contributed by atoms with van der Waals surface area (Å²) in [5.74, 6) is -0.0458. The Morgan fingerprint density at radius 1 is 0.903 bits per heavy atom. The average molecular weight is 440 g/mol. The van der Waals surface area contributed by atoms with Gasteiger partial charge in [0.25, 0.3) is 0 Å². The molecule has 0 fully saturated rings. The van der Waals surface area contributed by atoms with Crippen molar-refractivity contribution in [2.75, 3.05) is 7.11 Å². The largest absolute Gasteiger partial charge is 0.496 e. The van der Waals surface area contributed by atoms with Crippen molar-refractivity contribution in [2.45, 2.75) is 30.9 Å². The Morgan fingerprint density at radius 3 is 2.13 bits per heavy atom. The SMILES string of the molecule is COc1ccccc1C(OC(C)=O)C(NS(=O)(=O)c1ccc(C)cc1)c1ccccc1. The molecule has 6 nitrogen and oxygen atoms in total. The van der Waals surface area contributed by atoms with Crippen LogP contribution in [0.5, 0.6) is 5.75 Å². The lowest BCUT2D eigenvalue weighted by atomic mass is 9.95. The molecule has 1 N–H and O–H groups in total. The van der Waals surface area contributed by atoms with Crippen LogP contribution in [0.3, 0.4) is 0 Å². The van der Waals surface area contributed by atoms with E-state index in [0.717, 1.165) is 5.56 Å². The van der Waals surface area contributed by atoms with Crippen LogP contribution in [0.2, 0.25) is 0 Å². The zero-order valence-electron chi connectivity index (χ0n) is 17.6. The van der Waals surface area contributed by atoms with Crippen molar-refractivity contribution in [3.05, 3.63) is 95.6 Å². The molecule has 2 unspecified atom stereocenters. The van der Waals surface area contributed by atoms with Gasteiger partial charge in [-0.3, -0.25) is 4.79 Å². The lowest BCUT2D eigenvalue weighted by Crippen LogP contribution is -2.34. The maximum atomic E-state index is 13.2. The van der Waals surface area contributed by atoms with Crippen molar-refractivity contribution in [1.82, 2.24) is 4.72 Å². The molecule has 0 saturated carbocycles. The standard InChI is InChI=1S/C24H25NO5S/c1-17-13-15-20(16-14-17)31(27,28)25-23(19-9-5-4-6-10-19)24(30-18(2)26)21-11-7-8-12-22(21)29-3/h4-16,23-25H,1-3H3. The fraction of sp³-hybridized carbons (Fsp3) is 0.208. The number of benzene rings is 3. The number of hydrogen-bond donors (Lipinski definition) is 1. The Balaban J connectivity index is 2.12. The van der Waals surface area contributed by atoms with Crippen LogP contribution in [-0.4, -0.2) is 21.5 Å². The van der Waals surface area contributed by atoms with Gasteiger partial charge >= 0.3 is 5.97 Å². The molecule has 2 atom stereocenters. The summed E-state index contributed by atoms with van der Waals surface area (Å²) in [4.78, 5) is 12.1. The first-order valence-corrected chi connectivity index (χ1v) is 11.2. The number of sulfonamides is 1. The van der Waals surface area contributed by atoms with Crippen LogP contribution < -0.4 is 9.46 Å². The summed E-state index contributed by atoms with van der Waals surface area (Å²) in [5, 5.41) is 0. The Morgan fingerprint density at radius 2 is 1.52 bits per heavy atom. The van der Waals surface area contributed by atoms with E-state index in [2.05, 4.69) is 4.72 Å². The third-order valence-electron chi connectivity index (χ3n) is 4.81. The summed E-state index contributed by atoms with van der Waals surface area (Å²) < 4.78 is 40.3. The monoisotopic (exact) mass is 439 g/mol. The summed E-state index contributed by atoms with van der Waals surface area (Å²) in [7, 11) is -2.40. The second-order valence-corrected chi connectivity index (χ2v) is 8.81. The van der Waals surface area contributed by atoms with Crippen LogP contribution >= 0.6 is 0 Å². The minimum absolute atomic E-state index is 0.126.